The summed E-state index contributed by atoms with van der Waals surface area (Å²) in [5, 5.41) is 5.62. The Hall–Kier alpha value is -2.81. The number of hydrogen-bond donors (Lipinski definition) is 2. The molecule has 146 valence electrons. The SMILES string of the molecule is COC(=O)c1sc(NC(=O)C2(C(=O)Nc3ccc(F)cc3)CC2)nc1C1CC1. The predicted molar refractivity (Wildman–Crippen MR) is 101 cm³/mol. The van der Waals surface area contributed by atoms with Gasteiger partial charge in [0, 0.05) is 11.6 Å². The fraction of sp³-hybridized carbons (Fsp3) is 0.368. The van der Waals surface area contributed by atoms with E-state index in [4.69, 9.17) is 4.74 Å². The van der Waals surface area contributed by atoms with Crippen molar-refractivity contribution in [2.24, 2.45) is 5.41 Å². The number of carbonyl (C=O) groups excluding carboxylic acids is 3. The molecule has 0 unspecified atom stereocenters. The van der Waals surface area contributed by atoms with Crippen molar-refractivity contribution >= 4 is 39.9 Å². The molecule has 2 aliphatic rings. The van der Waals surface area contributed by atoms with E-state index >= 15 is 0 Å². The van der Waals surface area contributed by atoms with Crippen LogP contribution in [0.1, 0.15) is 47.0 Å². The number of benzene rings is 1. The standard InChI is InChI=1S/C19H18FN3O4S/c1-27-15(24)14-13(10-2-3-10)22-18(28-14)23-17(26)19(8-9-19)16(25)21-12-6-4-11(20)5-7-12/h4-7,10H,2-3,8-9H2,1H3,(H,21,25)(H,22,23,26). The van der Waals surface area contributed by atoms with Crippen molar-refractivity contribution in [2.45, 2.75) is 31.6 Å². The molecule has 9 heteroatoms. The van der Waals surface area contributed by atoms with Gasteiger partial charge in [-0.2, -0.15) is 0 Å². The molecule has 0 bridgehead atoms. The van der Waals surface area contributed by atoms with E-state index in [1.807, 2.05) is 0 Å². The molecule has 1 aromatic carbocycles. The predicted octanol–water partition coefficient (Wildman–Crippen LogP) is 3.30. The van der Waals surface area contributed by atoms with Crippen molar-refractivity contribution in [3.8, 4) is 0 Å². The van der Waals surface area contributed by atoms with Gasteiger partial charge in [-0.3, -0.25) is 9.59 Å². The molecule has 28 heavy (non-hydrogen) atoms. The smallest absolute Gasteiger partial charge is 0.350 e. The maximum atomic E-state index is 13.0. The van der Waals surface area contributed by atoms with Gasteiger partial charge in [0.1, 0.15) is 16.1 Å². The topological polar surface area (TPSA) is 97.4 Å². The number of nitrogens with zero attached hydrogens (tertiary/aromatic N) is 1. The molecule has 0 radical (unpaired) electrons. The molecule has 1 heterocycles. The minimum absolute atomic E-state index is 0.215. The van der Waals surface area contributed by atoms with Crippen LogP contribution in [-0.4, -0.2) is 29.9 Å². The van der Waals surface area contributed by atoms with Crippen LogP contribution in [0.15, 0.2) is 24.3 Å². The van der Waals surface area contributed by atoms with Crippen LogP contribution in [0.5, 0.6) is 0 Å². The third kappa shape index (κ3) is 3.49. The summed E-state index contributed by atoms with van der Waals surface area (Å²) < 4.78 is 17.8. The van der Waals surface area contributed by atoms with Crippen LogP contribution in [0.2, 0.25) is 0 Å². The molecule has 2 N–H and O–H groups in total. The van der Waals surface area contributed by atoms with Crippen LogP contribution in [-0.2, 0) is 14.3 Å². The lowest BCUT2D eigenvalue weighted by atomic mass is 10.1. The second-order valence-corrected chi connectivity index (χ2v) is 8.00. The van der Waals surface area contributed by atoms with E-state index in [0.717, 1.165) is 24.2 Å². The average Bonchev–Trinajstić information content (AvgIpc) is 3.60. The van der Waals surface area contributed by atoms with E-state index in [1.54, 1.807) is 0 Å². The van der Waals surface area contributed by atoms with E-state index < -0.39 is 29.0 Å². The van der Waals surface area contributed by atoms with E-state index in [2.05, 4.69) is 15.6 Å². The number of methoxy groups -OCH3 is 1. The molecule has 2 aromatic rings. The van der Waals surface area contributed by atoms with E-state index in [9.17, 15) is 18.8 Å². The lowest BCUT2D eigenvalue weighted by Crippen LogP contribution is -2.35. The van der Waals surface area contributed by atoms with Crippen LogP contribution in [0, 0.1) is 11.2 Å². The molecule has 4 rings (SSSR count). The molecule has 2 amide bonds. The molecule has 0 saturated heterocycles. The normalized spacial score (nSPS) is 16.9. The van der Waals surface area contributed by atoms with Gasteiger partial charge in [0.2, 0.25) is 11.8 Å². The van der Waals surface area contributed by atoms with Crippen molar-refractivity contribution in [3.63, 3.8) is 0 Å². The maximum Gasteiger partial charge on any atom is 0.350 e. The summed E-state index contributed by atoms with van der Waals surface area (Å²) in [5.74, 6) is -1.57. The molecule has 0 atom stereocenters. The Morgan fingerprint density at radius 2 is 1.79 bits per heavy atom. The van der Waals surface area contributed by atoms with Crippen LogP contribution < -0.4 is 10.6 Å². The van der Waals surface area contributed by atoms with Gasteiger partial charge >= 0.3 is 5.97 Å². The number of esters is 1. The van der Waals surface area contributed by atoms with Crippen molar-refractivity contribution in [1.82, 2.24) is 4.98 Å². The quantitative estimate of drug-likeness (QED) is 0.570. The third-order valence-corrected chi connectivity index (χ3v) is 5.90. The molecule has 1 aromatic heterocycles. The summed E-state index contributed by atoms with van der Waals surface area (Å²) in [6, 6.07) is 5.34. The molecule has 2 saturated carbocycles. The Morgan fingerprint density at radius 1 is 1.14 bits per heavy atom. The van der Waals surface area contributed by atoms with E-state index in [-0.39, 0.29) is 11.0 Å². The number of halogens is 1. The number of amides is 2. The largest absolute Gasteiger partial charge is 0.465 e. The van der Waals surface area contributed by atoms with Crippen molar-refractivity contribution in [1.29, 1.82) is 0 Å². The molecule has 7 nitrogen and oxygen atoms in total. The van der Waals surface area contributed by atoms with Gasteiger partial charge in [-0.05, 0) is 49.9 Å². The number of thiazole rings is 1. The van der Waals surface area contributed by atoms with Gasteiger partial charge in [0.25, 0.3) is 0 Å². The fourth-order valence-corrected chi connectivity index (χ4v) is 3.91. The zero-order valence-electron chi connectivity index (χ0n) is 15.1. The van der Waals surface area contributed by atoms with Crippen LogP contribution in [0.3, 0.4) is 0 Å². The van der Waals surface area contributed by atoms with Gasteiger partial charge < -0.3 is 15.4 Å². The first-order valence-corrected chi connectivity index (χ1v) is 9.72. The van der Waals surface area contributed by atoms with Crippen molar-refractivity contribution in [2.75, 3.05) is 17.7 Å². The summed E-state index contributed by atoms with van der Waals surface area (Å²) in [7, 11) is 1.30. The molecular weight excluding hydrogens is 385 g/mol. The first-order chi connectivity index (χ1) is 13.4. The lowest BCUT2D eigenvalue weighted by Gasteiger charge is -2.14. The van der Waals surface area contributed by atoms with Crippen LogP contribution in [0.25, 0.3) is 0 Å². The minimum atomic E-state index is -1.18. The first-order valence-electron chi connectivity index (χ1n) is 8.90. The van der Waals surface area contributed by atoms with Gasteiger partial charge in [-0.1, -0.05) is 11.3 Å². The fourth-order valence-electron chi connectivity index (χ4n) is 2.94. The summed E-state index contributed by atoms with van der Waals surface area (Å²) in [6.07, 6.45) is 2.73. The lowest BCUT2D eigenvalue weighted by molar-refractivity contribution is -0.131. The summed E-state index contributed by atoms with van der Waals surface area (Å²) in [6.45, 7) is 0. The molecule has 2 aliphatic carbocycles. The Bertz CT molecular complexity index is 949. The van der Waals surface area contributed by atoms with Crippen molar-refractivity contribution in [3.05, 3.63) is 40.7 Å². The Labute approximate surface area is 164 Å². The number of anilines is 2. The minimum Gasteiger partial charge on any atom is -0.465 e. The monoisotopic (exact) mass is 403 g/mol. The van der Waals surface area contributed by atoms with Crippen LogP contribution >= 0.6 is 11.3 Å². The Morgan fingerprint density at radius 3 is 2.36 bits per heavy atom. The highest BCUT2D eigenvalue weighted by Crippen LogP contribution is 2.48. The third-order valence-electron chi connectivity index (χ3n) is 4.93. The summed E-state index contributed by atoms with van der Waals surface area (Å²) in [5.41, 5.74) is -0.109. The first kappa shape index (κ1) is 18.5. The zero-order chi connectivity index (χ0) is 19.9. The highest BCUT2D eigenvalue weighted by Gasteiger charge is 2.56. The summed E-state index contributed by atoms with van der Waals surface area (Å²) >= 11 is 1.06. The van der Waals surface area contributed by atoms with Gasteiger partial charge in [0.15, 0.2) is 5.13 Å². The Kier molecular flexibility index (Phi) is 4.62. The zero-order valence-corrected chi connectivity index (χ0v) is 15.9. The Balaban J connectivity index is 1.48. The van der Waals surface area contributed by atoms with Gasteiger partial charge in [0.05, 0.1) is 12.8 Å². The molecule has 2 fully saturated rings. The number of rotatable bonds is 6. The van der Waals surface area contributed by atoms with Gasteiger partial charge in [-0.15, -0.1) is 0 Å². The van der Waals surface area contributed by atoms with Gasteiger partial charge in [-0.25, -0.2) is 14.2 Å². The second-order valence-electron chi connectivity index (χ2n) is 7.00. The van der Waals surface area contributed by atoms with E-state index in [1.165, 1.54) is 31.4 Å². The number of ether oxygens (including phenoxy) is 1. The molecule has 0 spiro atoms. The highest BCUT2D eigenvalue weighted by atomic mass is 32.1. The number of nitrogens with one attached hydrogen (secondary N) is 2. The maximum absolute atomic E-state index is 13.0. The number of hydrogen-bond acceptors (Lipinski definition) is 6. The average molecular weight is 403 g/mol. The van der Waals surface area contributed by atoms with Crippen molar-refractivity contribution < 1.29 is 23.5 Å². The molecular formula is C19H18FN3O4S. The highest BCUT2D eigenvalue weighted by molar-refractivity contribution is 7.17. The second kappa shape index (κ2) is 6.97. The van der Waals surface area contributed by atoms with Crippen LogP contribution in [0.4, 0.5) is 15.2 Å². The number of carbonyl (C=O) groups is 3. The number of aromatic nitrogens is 1. The van der Waals surface area contributed by atoms with E-state index in [0.29, 0.717) is 29.1 Å². The summed E-state index contributed by atoms with van der Waals surface area (Å²) in [4.78, 5) is 42.1. The molecule has 0 aliphatic heterocycles.